The van der Waals surface area contributed by atoms with Crippen LogP contribution < -0.4 is 0 Å². The average Bonchev–Trinajstić information content (AvgIpc) is 2.94. The summed E-state index contributed by atoms with van der Waals surface area (Å²) in [6.45, 7) is 2.13. The third-order valence-corrected chi connectivity index (χ3v) is 3.21. The van der Waals surface area contributed by atoms with E-state index >= 15 is 0 Å². The van der Waals surface area contributed by atoms with E-state index in [1.54, 1.807) is 6.33 Å². The first-order valence-electron chi connectivity index (χ1n) is 5.84. The Hall–Kier alpha value is -1.04. The molecule has 0 aromatic carbocycles. The van der Waals surface area contributed by atoms with Crippen molar-refractivity contribution in [1.82, 2.24) is 19.5 Å². The molecule has 0 spiro atoms. The quantitative estimate of drug-likeness (QED) is 0.743. The summed E-state index contributed by atoms with van der Waals surface area (Å²) in [6, 6.07) is 0. The Kier molecular flexibility index (Phi) is 3.94. The molecule has 1 aliphatic rings. The van der Waals surface area contributed by atoms with Gasteiger partial charge in [-0.15, -0.1) is 0 Å². The number of nitrogens with zero attached hydrogens (tertiary/aromatic N) is 4. The zero-order chi connectivity index (χ0) is 11.8. The molecule has 0 bridgehead atoms. The van der Waals surface area contributed by atoms with E-state index in [1.807, 2.05) is 4.57 Å². The Morgan fingerprint density at radius 2 is 2.22 bits per heavy atom. The molecule has 0 amide bonds. The molecule has 1 aliphatic heterocycles. The monoisotopic (exact) mass is 425 g/mol. The number of hydrogen-bond acceptors (Lipinski definition) is 4. The zero-order valence-corrected chi connectivity index (χ0v) is 12.4. The van der Waals surface area contributed by atoms with Gasteiger partial charge in [0.2, 0.25) is 0 Å². The summed E-state index contributed by atoms with van der Waals surface area (Å²) in [5, 5.41) is 0. The van der Waals surface area contributed by atoms with Crippen molar-refractivity contribution in [3.8, 4) is 0 Å². The van der Waals surface area contributed by atoms with E-state index in [2.05, 4.69) is 21.9 Å². The van der Waals surface area contributed by atoms with E-state index < -0.39 is 0 Å². The van der Waals surface area contributed by atoms with Crippen LogP contribution in [0.1, 0.15) is 32.4 Å². The van der Waals surface area contributed by atoms with E-state index in [0.29, 0.717) is 17.3 Å². The normalized spacial score (nSPS) is 23.2. The van der Waals surface area contributed by atoms with E-state index in [0.717, 1.165) is 19.3 Å². The molecule has 18 heavy (non-hydrogen) atoms. The van der Waals surface area contributed by atoms with Gasteiger partial charge in [0.1, 0.15) is 11.7 Å². The summed E-state index contributed by atoms with van der Waals surface area (Å²) in [7, 11) is 0. The maximum atomic E-state index is 7.66. The molecule has 1 fully saturated rings. The molecule has 2 aromatic rings. The van der Waals surface area contributed by atoms with Crippen LogP contribution in [0.15, 0.2) is 12.7 Å². The van der Waals surface area contributed by atoms with Gasteiger partial charge in [-0.3, -0.25) is 4.57 Å². The number of aromatic nitrogens is 4. The molecular formula is C11H14IrN5O-. The molecular weight excluding hydrogens is 410 g/mol. The van der Waals surface area contributed by atoms with Crippen molar-refractivity contribution in [3.05, 3.63) is 18.4 Å². The van der Waals surface area contributed by atoms with Gasteiger partial charge in [-0.25, -0.2) is 9.97 Å². The second-order valence-corrected chi connectivity index (χ2v) is 4.24. The van der Waals surface area contributed by atoms with Crippen molar-refractivity contribution in [2.45, 2.75) is 38.5 Å². The largest absolute Gasteiger partial charge is 0.480 e. The van der Waals surface area contributed by atoms with Crippen LogP contribution in [0, 0.1) is 0 Å². The number of fused-ring (bicyclic) bond motifs is 1. The molecule has 3 heterocycles. The Balaban J connectivity index is 0.00000120. The van der Waals surface area contributed by atoms with Crippen LogP contribution in [0.25, 0.3) is 16.9 Å². The number of imidazole rings is 1. The van der Waals surface area contributed by atoms with Crippen molar-refractivity contribution < 1.29 is 24.8 Å². The fourth-order valence-electron chi connectivity index (χ4n) is 2.25. The van der Waals surface area contributed by atoms with Gasteiger partial charge >= 0.3 is 0 Å². The standard InChI is InChI=1S/C11H14N5O.Ir/c1-2-7-3-4-8(17-7)16-6-15-9-10(12)13-5-14-11(9)16;/h5-8H,2-4H2,1H3,(H-,12,13,14);/q-1;. The summed E-state index contributed by atoms with van der Waals surface area (Å²) < 4.78 is 7.81. The first kappa shape index (κ1) is 13.4. The van der Waals surface area contributed by atoms with Gasteiger partial charge in [0.25, 0.3) is 0 Å². The molecule has 6 nitrogen and oxygen atoms in total. The summed E-state index contributed by atoms with van der Waals surface area (Å²) >= 11 is 0. The molecule has 3 rings (SSSR count). The Bertz CT molecular complexity index is 543. The van der Waals surface area contributed by atoms with Crippen molar-refractivity contribution in [2.75, 3.05) is 0 Å². The maximum Gasteiger partial charge on any atom is 0.161 e. The average molecular weight is 424 g/mol. The number of nitrogens with one attached hydrogen (secondary N) is 1. The first-order chi connectivity index (χ1) is 8.29. The van der Waals surface area contributed by atoms with Crippen LogP contribution in [-0.4, -0.2) is 25.6 Å². The van der Waals surface area contributed by atoms with Gasteiger partial charge in [0.15, 0.2) is 5.65 Å². The third kappa shape index (κ3) is 2.13. The number of rotatable bonds is 2. The third-order valence-electron chi connectivity index (χ3n) is 3.21. The topological polar surface area (TPSA) is 76.6 Å². The minimum Gasteiger partial charge on any atom is -0.480 e. The number of hydrogen-bond donors (Lipinski definition) is 0. The Morgan fingerprint density at radius 1 is 1.39 bits per heavy atom. The minimum absolute atomic E-state index is 0. The molecule has 1 radical (unpaired) electrons. The van der Waals surface area contributed by atoms with Crippen LogP contribution in [0.4, 0.5) is 5.82 Å². The smallest absolute Gasteiger partial charge is 0.161 e. The Morgan fingerprint density at radius 3 is 2.94 bits per heavy atom. The summed E-state index contributed by atoms with van der Waals surface area (Å²) in [6.07, 6.45) is 6.49. The maximum absolute atomic E-state index is 7.66. The second kappa shape index (κ2) is 5.30. The molecule has 0 saturated carbocycles. The van der Waals surface area contributed by atoms with E-state index in [4.69, 9.17) is 10.5 Å². The molecule has 2 unspecified atom stereocenters. The van der Waals surface area contributed by atoms with Gasteiger partial charge in [-0.2, -0.15) is 0 Å². The van der Waals surface area contributed by atoms with Gasteiger partial charge in [0.05, 0.1) is 12.4 Å². The fraction of sp³-hybridized carbons (Fsp3) is 0.545. The molecule has 2 aromatic heterocycles. The zero-order valence-electron chi connectivity index (χ0n) is 9.96. The van der Waals surface area contributed by atoms with E-state index in [9.17, 15) is 0 Å². The van der Waals surface area contributed by atoms with Crippen LogP contribution >= 0.6 is 0 Å². The first-order valence-corrected chi connectivity index (χ1v) is 5.84. The molecule has 1 saturated heterocycles. The molecule has 1 N–H and O–H groups in total. The summed E-state index contributed by atoms with van der Waals surface area (Å²) in [5.41, 5.74) is 8.88. The predicted molar refractivity (Wildman–Crippen MR) is 62.7 cm³/mol. The van der Waals surface area contributed by atoms with Crippen LogP contribution in [-0.2, 0) is 24.8 Å². The van der Waals surface area contributed by atoms with Crippen molar-refractivity contribution >= 4 is 17.0 Å². The van der Waals surface area contributed by atoms with Gasteiger partial charge in [-0.1, -0.05) is 6.92 Å². The van der Waals surface area contributed by atoms with Crippen molar-refractivity contribution in [1.29, 1.82) is 0 Å². The van der Waals surface area contributed by atoms with E-state index in [-0.39, 0.29) is 32.2 Å². The van der Waals surface area contributed by atoms with Crippen molar-refractivity contribution in [3.63, 3.8) is 0 Å². The second-order valence-electron chi connectivity index (χ2n) is 4.24. The predicted octanol–water partition coefficient (Wildman–Crippen LogP) is 2.60. The van der Waals surface area contributed by atoms with Crippen LogP contribution in [0.5, 0.6) is 0 Å². The molecule has 2 atom stereocenters. The van der Waals surface area contributed by atoms with Crippen molar-refractivity contribution in [2.24, 2.45) is 0 Å². The summed E-state index contributed by atoms with van der Waals surface area (Å²) in [4.78, 5) is 12.2. The van der Waals surface area contributed by atoms with Gasteiger partial charge in [-0.05, 0) is 25.1 Å². The SMILES string of the molecule is CCC1CCC(n2cnc3c([NH-])ncnc32)O1.[Ir]. The number of ether oxygens (including phenoxy) is 1. The van der Waals surface area contributed by atoms with E-state index in [1.165, 1.54) is 6.33 Å². The molecule has 7 heteroatoms. The molecule has 0 aliphatic carbocycles. The van der Waals surface area contributed by atoms with Gasteiger partial charge in [0, 0.05) is 26.4 Å². The van der Waals surface area contributed by atoms with Gasteiger partial charge < -0.3 is 15.5 Å². The minimum atomic E-state index is -0.000694. The van der Waals surface area contributed by atoms with Crippen LogP contribution in [0.3, 0.4) is 0 Å². The van der Waals surface area contributed by atoms with Crippen LogP contribution in [0.2, 0.25) is 0 Å². The fourth-order valence-corrected chi connectivity index (χ4v) is 2.25. The Labute approximate surface area is 118 Å². The molecule has 99 valence electrons. The summed E-state index contributed by atoms with van der Waals surface area (Å²) in [5.74, 6) is 0.166.